The zero-order chi connectivity index (χ0) is 13.9. The average molecular weight is 273 g/mol. The number of unbranched alkanes of at least 4 members (excludes halogenated alkanes) is 1. The first-order valence-corrected chi connectivity index (χ1v) is 7.83. The van der Waals surface area contributed by atoms with Crippen molar-refractivity contribution in [2.45, 2.75) is 40.2 Å². The third-order valence-electron chi connectivity index (χ3n) is 3.27. The van der Waals surface area contributed by atoms with Gasteiger partial charge in [0.15, 0.2) is 0 Å². The molecule has 0 aliphatic carbocycles. The van der Waals surface area contributed by atoms with Gasteiger partial charge in [0.25, 0.3) is 0 Å². The van der Waals surface area contributed by atoms with Crippen molar-refractivity contribution >= 4 is 10.0 Å². The van der Waals surface area contributed by atoms with Gasteiger partial charge in [-0.1, -0.05) is 13.3 Å². The molecule has 104 valence electrons. The van der Waals surface area contributed by atoms with E-state index >= 15 is 0 Å². The predicted octanol–water partition coefficient (Wildman–Crippen LogP) is 1.60. The Morgan fingerprint density at radius 2 is 1.94 bits per heavy atom. The standard InChI is InChI=1S/C12H23N3O2S/c1-6-7-8-18(16,17)14(4)9-12-10(2)13-15(5)11(12)3/h6-9H2,1-5H3. The minimum atomic E-state index is -3.15. The Kier molecular flexibility index (Phi) is 4.92. The molecule has 1 aromatic heterocycles. The Labute approximate surface area is 110 Å². The molecule has 1 aromatic rings. The molecule has 0 aliphatic rings. The summed E-state index contributed by atoms with van der Waals surface area (Å²) >= 11 is 0. The second kappa shape index (κ2) is 5.84. The molecule has 0 unspecified atom stereocenters. The van der Waals surface area contributed by atoms with Crippen molar-refractivity contribution in [2.24, 2.45) is 7.05 Å². The van der Waals surface area contributed by atoms with Crippen LogP contribution < -0.4 is 0 Å². The number of hydrogen-bond donors (Lipinski definition) is 0. The van der Waals surface area contributed by atoms with E-state index in [-0.39, 0.29) is 5.75 Å². The highest BCUT2D eigenvalue weighted by Gasteiger charge is 2.20. The molecule has 18 heavy (non-hydrogen) atoms. The molecular formula is C12H23N3O2S. The number of hydrogen-bond acceptors (Lipinski definition) is 3. The van der Waals surface area contributed by atoms with E-state index in [0.717, 1.165) is 23.4 Å². The van der Waals surface area contributed by atoms with Gasteiger partial charge in [0.2, 0.25) is 10.0 Å². The van der Waals surface area contributed by atoms with Crippen LogP contribution in [0.3, 0.4) is 0 Å². The lowest BCUT2D eigenvalue weighted by Gasteiger charge is -2.17. The Hall–Kier alpha value is -0.880. The molecule has 0 N–H and O–H groups in total. The summed E-state index contributed by atoms with van der Waals surface area (Å²) < 4.78 is 27.3. The van der Waals surface area contributed by atoms with E-state index in [9.17, 15) is 8.42 Å². The van der Waals surface area contributed by atoms with E-state index in [1.807, 2.05) is 27.8 Å². The highest BCUT2D eigenvalue weighted by atomic mass is 32.2. The van der Waals surface area contributed by atoms with Crippen LogP contribution in [0.1, 0.15) is 36.7 Å². The normalized spacial score (nSPS) is 12.3. The lowest BCUT2D eigenvalue weighted by Crippen LogP contribution is -2.29. The number of nitrogens with zero attached hydrogens (tertiary/aromatic N) is 3. The van der Waals surface area contributed by atoms with Gasteiger partial charge >= 0.3 is 0 Å². The summed E-state index contributed by atoms with van der Waals surface area (Å²) in [5.41, 5.74) is 2.91. The van der Waals surface area contributed by atoms with Gasteiger partial charge in [0.05, 0.1) is 11.4 Å². The first-order chi connectivity index (χ1) is 8.29. The second-order valence-corrected chi connectivity index (χ2v) is 6.89. The minimum Gasteiger partial charge on any atom is -0.272 e. The maximum Gasteiger partial charge on any atom is 0.214 e. The van der Waals surface area contributed by atoms with Crippen molar-refractivity contribution in [3.05, 3.63) is 17.0 Å². The van der Waals surface area contributed by atoms with Crippen molar-refractivity contribution in [2.75, 3.05) is 12.8 Å². The van der Waals surface area contributed by atoms with Gasteiger partial charge in [-0.15, -0.1) is 0 Å². The maximum atomic E-state index is 12.0. The number of aromatic nitrogens is 2. The molecule has 0 spiro atoms. The minimum absolute atomic E-state index is 0.221. The van der Waals surface area contributed by atoms with Gasteiger partial charge in [-0.05, 0) is 20.3 Å². The van der Waals surface area contributed by atoms with Crippen LogP contribution in [0.25, 0.3) is 0 Å². The van der Waals surface area contributed by atoms with Crippen molar-refractivity contribution in [1.82, 2.24) is 14.1 Å². The molecule has 1 rings (SSSR count). The summed E-state index contributed by atoms with van der Waals surface area (Å²) in [6, 6.07) is 0. The highest BCUT2D eigenvalue weighted by molar-refractivity contribution is 7.89. The van der Waals surface area contributed by atoms with Crippen LogP contribution in [0, 0.1) is 13.8 Å². The molecular weight excluding hydrogens is 250 g/mol. The van der Waals surface area contributed by atoms with E-state index in [1.165, 1.54) is 4.31 Å². The molecule has 0 atom stereocenters. The molecule has 1 heterocycles. The Bertz CT molecular complexity index is 506. The molecule has 0 bridgehead atoms. The van der Waals surface area contributed by atoms with Gasteiger partial charge in [-0.2, -0.15) is 5.10 Å². The molecule has 0 saturated heterocycles. The molecule has 0 amide bonds. The van der Waals surface area contributed by atoms with Crippen LogP contribution in [0.5, 0.6) is 0 Å². The maximum absolute atomic E-state index is 12.0. The summed E-state index contributed by atoms with van der Waals surface area (Å²) in [4.78, 5) is 0. The van der Waals surface area contributed by atoms with Gasteiger partial charge in [0.1, 0.15) is 0 Å². The van der Waals surface area contributed by atoms with Gasteiger partial charge in [-0.3, -0.25) is 4.68 Å². The fraction of sp³-hybridized carbons (Fsp3) is 0.750. The average Bonchev–Trinajstić information content (AvgIpc) is 2.53. The van der Waals surface area contributed by atoms with Crippen LogP contribution in [0.15, 0.2) is 0 Å². The summed E-state index contributed by atoms with van der Waals surface area (Å²) in [6.45, 7) is 6.26. The van der Waals surface area contributed by atoms with Crippen LogP contribution in [-0.2, 0) is 23.6 Å². The third kappa shape index (κ3) is 3.32. The second-order valence-electron chi connectivity index (χ2n) is 4.70. The summed E-state index contributed by atoms with van der Waals surface area (Å²) in [5, 5.41) is 4.30. The van der Waals surface area contributed by atoms with E-state index < -0.39 is 10.0 Å². The quantitative estimate of drug-likeness (QED) is 0.791. The molecule has 0 aliphatic heterocycles. The van der Waals surface area contributed by atoms with Crippen LogP contribution in [0.2, 0.25) is 0 Å². The summed E-state index contributed by atoms with van der Waals surface area (Å²) in [5.74, 6) is 0.221. The molecule has 0 fully saturated rings. The first-order valence-electron chi connectivity index (χ1n) is 6.22. The van der Waals surface area contributed by atoms with E-state index in [1.54, 1.807) is 11.7 Å². The monoisotopic (exact) mass is 273 g/mol. The largest absolute Gasteiger partial charge is 0.272 e. The third-order valence-corrected chi connectivity index (χ3v) is 5.15. The van der Waals surface area contributed by atoms with Crippen LogP contribution >= 0.6 is 0 Å². The van der Waals surface area contributed by atoms with Crippen molar-refractivity contribution in [3.63, 3.8) is 0 Å². The van der Waals surface area contributed by atoms with Gasteiger partial charge in [-0.25, -0.2) is 12.7 Å². The van der Waals surface area contributed by atoms with Crippen LogP contribution in [0.4, 0.5) is 0 Å². The van der Waals surface area contributed by atoms with Crippen LogP contribution in [-0.4, -0.2) is 35.3 Å². The molecule has 0 radical (unpaired) electrons. The van der Waals surface area contributed by atoms with Crippen molar-refractivity contribution in [3.8, 4) is 0 Å². The zero-order valence-corrected chi connectivity index (χ0v) is 12.7. The van der Waals surface area contributed by atoms with Gasteiger partial charge in [0, 0.05) is 31.9 Å². The van der Waals surface area contributed by atoms with Crippen molar-refractivity contribution < 1.29 is 8.42 Å². The van der Waals surface area contributed by atoms with E-state index in [2.05, 4.69) is 5.10 Å². The lowest BCUT2D eigenvalue weighted by atomic mass is 10.2. The number of rotatable bonds is 6. The Balaban J connectivity index is 2.84. The molecule has 0 aromatic carbocycles. The summed E-state index contributed by atoms with van der Waals surface area (Å²) in [6.07, 6.45) is 1.59. The van der Waals surface area contributed by atoms with Gasteiger partial charge < -0.3 is 0 Å². The van der Waals surface area contributed by atoms with E-state index in [4.69, 9.17) is 0 Å². The topological polar surface area (TPSA) is 55.2 Å². The fourth-order valence-corrected chi connectivity index (χ4v) is 3.14. The number of aryl methyl sites for hydroxylation is 2. The molecule has 5 nitrogen and oxygen atoms in total. The Morgan fingerprint density at radius 3 is 2.39 bits per heavy atom. The predicted molar refractivity (Wildman–Crippen MR) is 72.8 cm³/mol. The smallest absolute Gasteiger partial charge is 0.214 e. The molecule has 0 saturated carbocycles. The number of sulfonamides is 1. The van der Waals surface area contributed by atoms with E-state index in [0.29, 0.717) is 13.0 Å². The Morgan fingerprint density at radius 1 is 1.33 bits per heavy atom. The summed E-state index contributed by atoms with van der Waals surface area (Å²) in [7, 11) is 0.360. The fourth-order valence-electron chi connectivity index (χ4n) is 1.85. The lowest BCUT2D eigenvalue weighted by molar-refractivity contribution is 0.463. The molecule has 6 heteroatoms. The zero-order valence-electron chi connectivity index (χ0n) is 11.9. The highest BCUT2D eigenvalue weighted by Crippen LogP contribution is 2.16. The van der Waals surface area contributed by atoms with Crippen molar-refractivity contribution in [1.29, 1.82) is 0 Å². The first kappa shape index (κ1) is 15.2. The SMILES string of the molecule is CCCCS(=O)(=O)N(C)Cc1c(C)nn(C)c1C.